The number of rotatable bonds is 8. The van der Waals surface area contributed by atoms with Gasteiger partial charge in [0, 0.05) is 6.54 Å². The van der Waals surface area contributed by atoms with Crippen molar-refractivity contribution in [2.75, 3.05) is 13.2 Å². The van der Waals surface area contributed by atoms with E-state index < -0.39 is 34.2 Å². The van der Waals surface area contributed by atoms with E-state index >= 15 is 0 Å². The second-order valence-corrected chi connectivity index (χ2v) is 7.29. The highest BCUT2D eigenvalue weighted by Gasteiger charge is 2.16. The van der Waals surface area contributed by atoms with E-state index in [9.17, 15) is 22.4 Å². The predicted molar refractivity (Wildman–Crippen MR) is 92.7 cm³/mol. The second-order valence-electron chi connectivity index (χ2n) is 5.52. The van der Waals surface area contributed by atoms with E-state index in [1.165, 1.54) is 30.3 Å². The quantitative estimate of drug-likeness (QED) is 0.561. The number of hydrogen-bond acceptors (Lipinski definition) is 5. The maximum atomic E-state index is 13.4. The summed E-state index contributed by atoms with van der Waals surface area (Å²) < 4.78 is 44.6. The summed E-state index contributed by atoms with van der Waals surface area (Å²) in [6, 6.07) is 11.6. The number of esters is 1. The Morgan fingerprint density at radius 1 is 1.08 bits per heavy atom. The molecule has 0 bridgehead atoms. The summed E-state index contributed by atoms with van der Waals surface area (Å²) in [5.74, 6) is -2.13. The molecule has 0 aliphatic heterocycles. The molecule has 0 saturated carbocycles. The van der Waals surface area contributed by atoms with Gasteiger partial charge in [-0.05, 0) is 31.2 Å². The molecule has 0 heterocycles. The molecule has 0 amide bonds. The van der Waals surface area contributed by atoms with Gasteiger partial charge in [0.25, 0.3) is 0 Å². The Hall–Kier alpha value is -2.58. The standard InChI is InChI=1S/C18H18FNO5S/c1-13-6-8-14(9-7-13)26(23,24)20-11-10-18(22)25-12-17(21)15-4-2-3-5-16(15)19/h2-9,20H,10-12H2,1H3. The summed E-state index contributed by atoms with van der Waals surface area (Å²) in [6.45, 7) is 1.05. The first-order chi connectivity index (χ1) is 12.3. The van der Waals surface area contributed by atoms with Crippen molar-refractivity contribution in [1.29, 1.82) is 0 Å². The zero-order valence-corrected chi connectivity index (χ0v) is 14.9. The first-order valence-electron chi connectivity index (χ1n) is 7.79. The zero-order chi connectivity index (χ0) is 19.2. The number of hydrogen-bond donors (Lipinski definition) is 1. The van der Waals surface area contributed by atoms with E-state index in [1.807, 2.05) is 6.92 Å². The molecular weight excluding hydrogens is 361 g/mol. The molecule has 0 fully saturated rings. The van der Waals surface area contributed by atoms with Gasteiger partial charge in [-0.25, -0.2) is 17.5 Å². The summed E-state index contributed by atoms with van der Waals surface area (Å²) in [5.41, 5.74) is 0.757. The largest absolute Gasteiger partial charge is 0.457 e. The van der Waals surface area contributed by atoms with Gasteiger partial charge >= 0.3 is 5.97 Å². The second kappa shape index (κ2) is 8.68. The lowest BCUT2D eigenvalue weighted by molar-refractivity contribution is -0.142. The van der Waals surface area contributed by atoms with Crippen LogP contribution >= 0.6 is 0 Å². The molecule has 2 aromatic rings. The highest BCUT2D eigenvalue weighted by atomic mass is 32.2. The molecule has 0 unspecified atom stereocenters. The van der Waals surface area contributed by atoms with E-state index in [4.69, 9.17) is 4.74 Å². The van der Waals surface area contributed by atoms with Gasteiger partial charge in [-0.15, -0.1) is 0 Å². The number of ketones is 1. The molecule has 2 rings (SSSR count). The Morgan fingerprint density at radius 3 is 2.38 bits per heavy atom. The van der Waals surface area contributed by atoms with Crippen LogP contribution in [0, 0.1) is 12.7 Å². The van der Waals surface area contributed by atoms with E-state index in [1.54, 1.807) is 12.1 Å². The Kier molecular flexibility index (Phi) is 6.59. The van der Waals surface area contributed by atoms with Crippen molar-refractivity contribution in [1.82, 2.24) is 4.72 Å². The molecule has 0 atom stereocenters. The fourth-order valence-electron chi connectivity index (χ4n) is 2.07. The van der Waals surface area contributed by atoms with Crippen molar-refractivity contribution >= 4 is 21.8 Å². The number of ether oxygens (including phenoxy) is 1. The molecule has 0 aliphatic rings. The van der Waals surface area contributed by atoms with Crippen LogP contribution in [0.2, 0.25) is 0 Å². The van der Waals surface area contributed by atoms with Crippen molar-refractivity contribution < 1.29 is 27.1 Å². The summed E-state index contributed by atoms with van der Waals surface area (Å²) in [5, 5.41) is 0. The summed E-state index contributed by atoms with van der Waals surface area (Å²) in [7, 11) is -3.73. The van der Waals surface area contributed by atoms with Crippen molar-refractivity contribution in [3.05, 3.63) is 65.5 Å². The minimum absolute atomic E-state index is 0.0891. The van der Waals surface area contributed by atoms with Gasteiger partial charge in [0.05, 0.1) is 16.9 Å². The molecule has 6 nitrogen and oxygen atoms in total. The summed E-state index contributed by atoms with van der Waals surface area (Å²) in [6.07, 6.45) is -0.254. The average Bonchev–Trinajstić information content (AvgIpc) is 2.60. The molecule has 0 radical (unpaired) electrons. The molecule has 26 heavy (non-hydrogen) atoms. The maximum Gasteiger partial charge on any atom is 0.307 e. The summed E-state index contributed by atoms with van der Waals surface area (Å²) >= 11 is 0. The predicted octanol–water partition coefficient (Wildman–Crippen LogP) is 2.23. The molecule has 1 N–H and O–H groups in total. The third-order valence-electron chi connectivity index (χ3n) is 3.49. The van der Waals surface area contributed by atoms with Gasteiger partial charge in [-0.2, -0.15) is 0 Å². The zero-order valence-electron chi connectivity index (χ0n) is 14.1. The van der Waals surface area contributed by atoms with Gasteiger partial charge in [0.2, 0.25) is 15.8 Å². The minimum Gasteiger partial charge on any atom is -0.457 e. The number of nitrogens with one attached hydrogen (secondary N) is 1. The number of carbonyl (C=O) groups excluding carboxylic acids is 2. The maximum absolute atomic E-state index is 13.4. The number of aryl methyl sites for hydroxylation is 1. The van der Waals surface area contributed by atoms with Crippen LogP contribution in [0.25, 0.3) is 0 Å². The van der Waals surface area contributed by atoms with Crippen LogP contribution in [0.3, 0.4) is 0 Å². The third-order valence-corrected chi connectivity index (χ3v) is 4.97. The van der Waals surface area contributed by atoms with Crippen molar-refractivity contribution in [2.24, 2.45) is 0 Å². The first-order valence-corrected chi connectivity index (χ1v) is 9.27. The average molecular weight is 379 g/mol. The summed E-state index contributed by atoms with van der Waals surface area (Å²) in [4.78, 5) is 23.5. The van der Waals surface area contributed by atoms with Crippen LogP contribution in [-0.2, 0) is 19.6 Å². The Labute approximate surface area is 151 Å². The normalized spacial score (nSPS) is 11.2. The highest BCUT2D eigenvalue weighted by Crippen LogP contribution is 2.10. The molecule has 138 valence electrons. The van der Waals surface area contributed by atoms with Crippen LogP contribution in [0.1, 0.15) is 22.3 Å². The lowest BCUT2D eigenvalue weighted by Crippen LogP contribution is -2.27. The van der Waals surface area contributed by atoms with Gasteiger partial charge < -0.3 is 4.74 Å². The Bertz CT molecular complexity index is 894. The Balaban J connectivity index is 1.79. The van der Waals surface area contributed by atoms with Crippen molar-refractivity contribution in [2.45, 2.75) is 18.2 Å². The number of Topliss-reactive ketones (excluding diaryl/α,β-unsaturated/α-hetero) is 1. The molecule has 0 spiro atoms. The van der Waals surface area contributed by atoms with Gasteiger partial charge in [0.1, 0.15) is 5.82 Å². The molecule has 0 saturated heterocycles. The minimum atomic E-state index is -3.73. The molecule has 8 heteroatoms. The SMILES string of the molecule is Cc1ccc(S(=O)(=O)NCCC(=O)OCC(=O)c2ccccc2F)cc1. The van der Waals surface area contributed by atoms with Gasteiger partial charge in [-0.1, -0.05) is 29.8 Å². The smallest absolute Gasteiger partial charge is 0.307 e. The van der Waals surface area contributed by atoms with Crippen molar-refractivity contribution in [3.63, 3.8) is 0 Å². The highest BCUT2D eigenvalue weighted by molar-refractivity contribution is 7.89. The Morgan fingerprint density at radius 2 is 1.73 bits per heavy atom. The van der Waals surface area contributed by atoms with E-state index in [-0.39, 0.29) is 23.4 Å². The fourth-order valence-corrected chi connectivity index (χ4v) is 3.10. The van der Waals surface area contributed by atoms with E-state index in [0.29, 0.717) is 0 Å². The van der Waals surface area contributed by atoms with Crippen LogP contribution in [0.5, 0.6) is 0 Å². The first kappa shape index (κ1) is 19.7. The van der Waals surface area contributed by atoms with Gasteiger partial charge in [0.15, 0.2) is 6.61 Å². The fraction of sp³-hybridized carbons (Fsp3) is 0.222. The van der Waals surface area contributed by atoms with Crippen LogP contribution in [0.4, 0.5) is 4.39 Å². The van der Waals surface area contributed by atoms with E-state index in [2.05, 4.69) is 4.72 Å². The van der Waals surface area contributed by atoms with Gasteiger partial charge in [-0.3, -0.25) is 9.59 Å². The number of benzene rings is 2. The topological polar surface area (TPSA) is 89.5 Å². The van der Waals surface area contributed by atoms with Crippen LogP contribution in [-0.4, -0.2) is 33.3 Å². The van der Waals surface area contributed by atoms with Crippen molar-refractivity contribution in [3.8, 4) is 0 Å². The molecule has 2 aromatic carbocycles. The molecule has 0 aromatic heterocycles. The van der Waals surface area contributed by atoms with Crippen LogP contribution in [0.15, 0.2) is 53.4 Å². The molecule has 0 aliphatic carbocycles. The van der Waals surface area contributed by atoms with Crippen LogP contribution < -0.4 is 4.72 Å². The number of carbonyl (C=O) groups is 2. The van der Waals surface area contributed by atoms with E-state index in [0.717, 1.165) is 11.6 Å². The lowest BCUT2D eigenvalue weighted by atomic mass is 10.1. The number of sulfonamides is 1. The molecular formula is C18H18FNO5S. The number of halogens is 1. The monoisotopic (exact) mass is 379 g/mol. The third kappa shape index (κ3) is 5.47. The lowest BCUT2D eigenvalue weighted by Gasteiger charge is -2.08.